The van der Waals surface area contributed by atoms with E-state index >= 15 is 0 Å². The van der Waals surface area contributed by atoms with Crippen LogP contribution in [0, 0.1) is 0 Å². The van der Waals surface area contributed by atoms with Gasteiger partial charge in [-0.25, -0.2) is 9.59 Å². The number of hydrogen-bond donors (Lipinski definition) is 3. The fraction of sp³-hybridized carbons (Fsp3) is 0.500. The van der Waals surface area contributed by atoms with Crippen LogP contribution in [0.4, 0.5) is 10.5 Å². The van der Waals surface area contributed by atoms with Gasteiger partial charge in [0.1, 0.15) is 6.10 Å². The molecule has 1 aliphatic carbocycles. The lowest BCUT2D eigenvalue weighted by molar-refractivity contribution is -0.164. The number of nitrogens with zero attached hydrogens (tertiary/aromatic N) is 2. The van der Waals surface area contributed by atoms with Crippen LogP contribution in [0.5, 0.6) is 0 Å². The number of nitrogens with one attached hydrogen (secondary N) is 1. The van der Waals surface area contributed by atoms with Crippen molar-refractivity contribution < 1.29 is 53.1 Å². The Hall–Kier alpha value is -4.11. The van der Waals surface area contributed by atoms with Crippen molar-refractivity contribution in [2.45, 2.75) is 43.5 Å². The number of aliphatic hydroxyl groups is 2. The highest BCUT2D eigenvalue weighted by atomic mass is 16.6. The number of amides is 4. The summed E-state index contributed by atoms with van der Waals surface area (Å²) in [6, 6.07) is 6.16. The molecule has 1 aromatic rings. The molecule has 1 heterocycles. The van der Waals surface area contributed by atoms with Crippen molar-refractivity contribution >= 4 is 35.5 Å². The van der Waals surface area contributed by atoms with Crippen LogP contribution < -0.4 is 10.2 Å². The van der Waals surface area contributed by atoms with Crippen LogP contribution in [0.25, 0.3) is 0 Å². The quantitative estimate of drug-likeness (QED) is 0.116. The summed E-state index contributed by atoms with van der Waals surface area (Å²) in [6.07, 6.45) is 4.07. The number of rotatable bonds is 14. The number of esters is 1. The molecule has 3 N–H and O–H groups in total. The van der Waals surface area contributed by atoms with Gasteiger partial charge in [-0.1, -0.05) is 18.2 Å². The van der Waals surface area contributed by atoms with Gasteiger partial charge in [0.2, 0.25) is 0 Å². The van der Waals surface area contributed by atoms with E-state index < -0.39 is 35.8 Å². The first-order chi connectivity index (χ1) is 21.1. The Morgan fingerprint density at radius 2 is 1.70 bits per heavy atom. The summed E-state index contributed by atoms with van der Waals surface area (Å²) in [5.74, 6) is -2.07. The second kappa shape index (κ2) is 16.7. The van der Waals surface area contributed by atoms with Crippen molar-refractivity contribution in [2.24, 2.45) is 0 Å². The molecule has 2 aliphatic rings. The molecular weight excluding hydrogens is 578 g/mol. The average molecular weight is 618 g/mol. The zero-order valence-electron chi connectivity index (χ0n) is 24.8. The van der Waals surface area contributed by atoms with Gasteiger partial charge in [0.05, 0.1) is 40.1 Å². The highest BCUT2D eigenvalue weighted by Gasteiger charge is 2.38. The van der Waals surface area contributed by atoms with Crippen LogP contribution in [0.1, 0.15) is 37.4 Å². The first-order valence-electron chi connectivity index (χ1n) is 14.2. The molecule has 0 saturated carbocycles. The Bertz CT molecular complexity index is 1220. The summed E-state index contributed by atoms with van der Waals surface area (Å²) < 4.78 is 21.0. The number of anilines is 1. The number of carbonyl (C=O) groups excluding carboxylic acids is 5. The van der Waals surface area contributed by atoms with Gasteiger partial charge in [0.15, 0.2) is 11.7 Å². The third-order valence-electron chi connectivity index (χ3n) is 7.13. The second-order valence-electron chi connectivity index (χ2n) is 10.2. The lowest BCUT2D eigenvalue weighted by Crippen LogP contribution is -2.41. The van der Waals surface area contributed by atoms with Crippen molar-refractivity contribution in [3.05, 3.63) is 54.1 Å². The number of methoxy groups -OCH3 is 1. The first-order valence-corrected chi connectivity index (χ1v) is 14.2. The van der Waals surface area contributed by atoms with Crippen molar-refractivity contribution in [3.8, 4) is 0 Å². The smallest absolute Gasteiger partial charge is 0.414 e. The molecule has 1 unspecified atom stereocenters. The van der Waals surface area contributed by atoms with Crippen molar-refractivity contribution in [1.82, 2.24) is 10.2 Å². The maximum absolute atomic E-state index is 12.8. The summed E-state index contributed by atoms with van der Waals surface area (Å²) in [5, 5.41) is 23.6. The van der Waals surface area contributed by atoms with Crippen LogP contribution in [0.15, 0.2) is 48.6 Å². The molecule has 3 atom stereocenters. The van der Waals surface area contributed by atoms with Crippen LogP contribution in [-0.4, -0.2) is 110 Å². The van der Waals surface area contributed by atoms with Crippen LogP contribution >= 0.6 is 0 Å². The minimum atomic E-state index is -1.64. The van der Waals surface area contributed by atoms with Gasteiger partial charge < -0.3 is 34.5 Å². The largest absolute Gasteiger partial charge is 0.467 e. The molecule has 0 spiro atoms. The monoisotopic (exact) mass is 617 g/mol. The van der Waals surface area contributed by atoms with E-state index in [0.29, 0.717) is 17.7 Å². The van der Waals surface area contributed by atoms with E-state index in [1.54, 1.807) is 24.3 Å². The minimum absolute atomic E-state index is 0.0756. The average Bonchev–Trinajstić information content (AvgIpc) is 3.34. The van der Waals surface area contributed by atoms with E-state index in [1.807, 2.05) is 0 Å². The van der Waals surface area contributed by atoms with E-state index in [9.17, 15) is 34.2 Å². The zero-order valence-corrected chi connectivity index (χ0v) is 24.8. The van der Waals surface area contributed by atoms with E-state index in [-0.39, 0.29) is 70.6 Å². The maximum Gasteiger partial charge on any atom is 0.414 e. The van der Waals surface area contributed by atoms with E-state index in [0.717, 1.165) is 4.90 Å². The van der Waals surface area contributed by atoms with Crippen LogP contribution in [-0.2, 0) is 38.1 Å². The van der Waals surface area contributed by atoms with Crippen molar-refractivity contribution in [3.63, 3.8) is 0 Å². The molecule has 44 heavy (non-hydrogen) atoms. The molecule has 0 saturated heterocycles. The molecular formula is C30H39N3O11. The third-order valence-corrected chi connectivity index (χ3v) is 7.13. The number of carbonyl (C=O) groups is 5. The fourth-order valence-corrected chi connectivity index (χ4v) is 4.48. The van der Waals surface area contributed by atoms with Gasteiger partial charge >= 0.3 is 12.1 Å². The fourth-order valence-electron chi connectivity index (χ4n) is 4.48. The van der Waals surface area contributed by atoms with Crippen molar-refractivity contribution in [2.75, 3.05) is 58.6 Å². The van der Waals surface area contributed by atoms with E-state index in [1.165, 1.54) is 43.3 Å². The lowest BCUT2D eigenvalue weighted by atomic mass is 9.88. The number of aliphatic hydroxyl groups excluding tert-OH is 1. The normalized spacial score (nSPS) is 21.3. The number of imide groups is 1. The molecule has 14 nitrogen and oxygen atoms in total. The highest BCUT2D eigenvalue weighted by molar-refractivity contribution is 6.12. The Kier molecular flexibility index (Phi) is 13.0. The predicted molar refractivity (Wildman–Crippen MR) is 155 cm³/mol. The SMILES string of the molecule is COC(=O)[C@]1(O)CC/C=C\[C@H](OC(=O)N(C)c2ccc(C(O)C(=O)NCCOCCOCCN3C(=O)C=CC3=O)cc2)CC1. The molecule has 0 aromatic heterocycles. The summed E-state index contributed by atoms with van der Waals surface area (Å²) in [6.45, 7) is 1.15. The zero-order chi connectivity index (χ0) is 32.1. The van der Waals surface area contributed by atoms with Gasteiger partial charge in [0, 0.05) is 31.4 Å². The Balaban J connectivity index is 1.34. The highest BCUT2D eigenvalue weighted by Crippen LogP contribution is 2.27. The molecule has 0 bridgehead atoms. The third kappa shape index (κ3) is 9.71. The Morgan fingerprint density at radius 1 is 1.05 bits per heavy atom. The van der Waals surface area contributed by atoms with Gasteiger partial charge in [-0.3, -0.25) is 24.2 Å². The molecule has 240 valence electrons. The minimum Gasteiger partial charge on any atom is -0.467 e. The lowest BCUT2D eigenvalue weighted by Gasteiger charge is -2.28. The summed E-state index contributed by atoms with van der Waals surface area (Å²) >= 11 is 0. The van der Waals surface area contributed by atoms with Crippen LogP contribution in [0.3, 0.4) is 0 Å². The predicted octanol–water partition coefficient (Wildman–Crippen LogP) is 0.770. The first kappa shape index (κ1) is 34.4. The Morgan fingerprint density at radius 3 is 2.36 bits per heavy atom. The summed E-state index contributed by atoms with van der Waals surface area (Å²) in [5.41, 5.74) is -0.864. The molecule has 3 rings (SSSR count). The van der Waals surface area contributed by atoms with Gasteiger partial charge in [-0.2, -0.15) is 0 Å². The molecule has 1 aromatic carbocycles. The molecule has 0 fully saturated rings. The number of hydrogen-bond acceptors (Lipinski definition) is 11. The summed E-state index contributed by atoms with van der Waals surface area (Å²) in [7, 11) is 2.72. The van der Waals surface area contributed by atoms with Crippen molar-refractivity contribution in [1.29, 1.82) is 0 Å². The number of ether oxygens (including phenoxy) is 4. The topological polar surface area (TPSA) is 181 Å². The molecule has 0 radical (unpaired) electrons. The van der Waals surface area contributed by atoms with E-state index in [2.05, 4.69) is 5.32 Å². The van der Waals surface area contributed by atoms with E-state index in [4.69, 9.17) is 18.9 Å². The molecule has 1 aliphatic heterocycles. The van der Waals surface area contributed by atoms with Gasteiger partial charge in [0.25, 0.3) is 17.7 Å². The second-order valence-corrected chi connectivity index (χ2v) is 10.2. The van der Waals surface area contributed by atoms with Crippen LogP contribution in [0.2, 0.25) is 0 Å². The maximum atomic E-state index is 12.8. The molecule has 14 heteroatoms. The van der Waals surface area contributed by atoms with Gasteiger partial charge in [-0.05, 0) is 49.5 Å². The number of benzene rings is 1. The Labute approximate surface area is 255 Å². The summed E-state index contributed by atoms with van der Waals surface area (Å²) in [4.78, 5) is 62.3. The van der Waals surface area contributed by atoms with Gasteiger partial charge in [-0.15, -0.1) is 0 Å². The standard InChI is InChI=1S/C30H39N3O11/c1-32(29(39)44-23-5-3-4-13-30(40,14-12-23)28(38)41-2)22-8-6-21(7-9-22)26(36)27(37)31-15-17-42-19-20-43-18-16-33-24(34)10-11-25(33)35/h3,5-11,23,26,36,40H,4,12-20H2,1-2H3,(H,31,37)/b5-3-/t23-,26?,30-/m0/s1. The molecule has 4 amide bonds. The number of allylic oxidation sites excluding steroid dienone is 1.